The zero-order valence-corrected chi connectivity index (χ0v) is 14.7. The molecule has 1 atom stereocenters. The summed E-state index contributed by atoms with van der Waals surface area (Å²) in [5.74, 6) is 0.544. The molecular formula is C16H16Cl2N2OS. The number of thiazole rings is 1. The number of aromatic nitrogens is 1. The average molecular weight is 355 g/mol. The van der Waals surface area contributed by atoms with Crippen LogP contribution in [0.2, 0.25) is 10.0 Å². The van der Waals surface area contributed by atoms with Crippen molar-refractivity contribution in [2.45, 2.75) is 31.7 Å². The van der Waals surface area contributed by atoms with Gasteiger partial charge >= 0.3 is 0 Å². The topological polar surface area (TPSA) is 33.2 Å². The quantitative estimate of drug-likeness (QED) is 0.759. The molecule has 2 aromatic rings. The Morgan fingerprint density at radius 2 is 2.14 bits per heavy atom. The van der Waals surface area contributed by atoms with E-state index in [9.17, 15) is 4.79 Å². The summed E-state index contributed by atoms with van der Waals surface area (Å²) in [5.41, 5.74) is 0.883. The zero-order chi connectivity index (χ0) is 15.9. The number of carbonyl (C=O) groups excluding carboxylic acids is 1. The first-order valence-electron chi connectivity index (χ1n) is 7.15. The maximum Gasteiger partial charge on any atom is 0.265 e. The predicted molar refractivity (Wildman–Crippen MR) is 91.1 cm³/mol. The number of carbonyl (C=O) groups is 1. The lowest BCUT2D eigenvalue weighted by Crippen LogP contribution is -2.29. The van der Waals surface area contributed by atoms with Gasteiger partial charge < -0.3 is 4.90 Å². The minimum atomic E-state index is -0.135. The third kappa shape index (κ3) is 3.14. The highest BCUT2D eigenvalue weighted by molar-refractivity contribution is 7.13. The summed E-state index contributed by atoms with van der Waals surface area (Å²) in [5, 5.41) is 2.24. The van der Waals surface area contributed by atoms with Crippen molar-refractivity contribution in [3.8, 4) is 0 Å². The number of rotatable bonds is 4. The van der Waals surface area contributed by atoms with Crippen molar-refractivity contribution >= 4 is 40.4 Å². The van der Waals surface area contributed by atoms with E-state index >= 15 is 0 Å². The van der Waals surface area contributed by atoms with E-state index in [0.717, 1.165) is 10.6 Å². The summed E-state index contributed by atoms with van der Waals surface area (Å²) < 4.78 is 0. The number of hydrogen-bond acceptors (Lipinski definition) is 3. The molecule has 1 heterocycles. The van der Waals surface area contributed by atoms with Crippen molar-refractivity contribution < 1.29 is 4.79 Å². The Kier molecular flexibility index (Phi) is 4.44. The normalized spacial score (nSPS) is 15.6. The van der Waals surface area contributed by atoms with Gasteiger partial charge in [-0.25, -0.2) is 4.98 Å². The molecule has 0 N–H and O–H groups in total. The molecule has 1 unspecified atom stereocenters. The Bertz CT molecular complexity index is 712. The van der Waals surface area contributed by atoms with Gasteiger partial charge in [0.15, 0.2) is 0 Å². The molecule has 3 nitrogen and oxygen atoms in total. The molecule has 116 valence electrons. The molecule has 22 heavy (non-hydrogen) atoms. The van der Waals surface area contributed by atoms with Gasteiger partial charge in [-0.3, -0.25) is 4.79 Å². The summed E-state index contributed by atoms with van der Waals surface area (Å²) in [4.78, 5) is 19.4. The molecule has 0 bridgehead atoms. The van der Waals surface area contributed by atoms with E-state index in [2.05, 4.69) is 4.98 Å². The lowest BCUT2D eigenvalue weighted by molar-refractivity contribution is 0.0747. The van der Waals surface area contributed by atoms with E-state index < -0.39 is 0 Å². The Labute approximate surface area is 143 Å². The molecule has 6 heteroatoms. The molecule has 1 amide bonds. The maximum atomic E-state index is 12.6. The Hall–Kier alpha value is -1.10. The van der Waals surface area contributed by atoms with Crippen LogP contribution in [0.15, 0.2) is 24.4 Å². The van der Waals surface area contributed by atoms with Gasteiger partial charge in [0.05, 0.1) is 17.2 Å². The van der Waals surface area contributed by atoms with Crippen LogP contribution in [0.3, 0.4) is 0 Å². The summed E-state index contributed by atoms with van der Waals surface area (Å²) in [7, 11) is 1.79. The first-order chi connectivity index (χ1) is 10.5. The van der Waals surface area contributed by atoms with Crippen LogP contribution < -0.4 is 0 Å². The van der Waals surface area contributed by atoms with Crippen LogP contribution in [0, 0.1) is 0 Å². The fourth-order valence-electron chi connectivity index (χ4n) is 2.30. The monoisotopic (exact) mass is 354 g/mol. The van der Waals surface area contributed by atoms with Gasteiger partial charge in [0.2, 0.25) is 0 Å². The number of benzene rings is 1. The van der Waals surface area contributed by atoms with Crippen molar-refractivity contribution in [1.82, 2.24) is 9.88 Å². The van der Waals surface area contributed by atoms with Crippen molar-refractivity contribution in [2.75, 3.05) is 7.05 Å². The van der Waals surface area contributed by atoms with Gasteiger partial charge in [0.25, 0.3) is 5.91 Å². The molecular weight excluding hydrogens is 339 g/mol. The summed E-state index contributed by atoms with van der Waals surface area (Å²) >= 11 is 13.7. The van der Waals surface area contributed by atoms with Gasteiger partial charge in [-0.2, -0.15) is 0 Å². The fourth-order valence-corrected chi connectivity index (χ4v) is 3.94. The van der Waals surface area contributed by atoms with E-state index in [1.54, 1.807) is 30.3 Å². The van der Waals surface area contributed by atoms with Crippen LogP contribution in [-0.2, 0) is 0 Å². The second kappa shape index (κ2) is 6.19. The second-order valence-corrected chi connectivity index (χ2v) is 7.50. The van der Waals surface area contributed by atoms with Crippen molar-refractivity contribution in [1.29, 1.82) is 0 Å². The van der Waals surface area contributed by atoms with Crippen LogP contribution >= 0.6 is 34.5 Å². The van der Waals surface area contributed by atoms with Gasteiger partial charge in [0, 0.05) is 23.0 Å². The first kappa shape index (κ1) is 15.8. The minimum absolute atomic E-state index is 0.0251. The molecule has 0 radical (unpaired) electrons. The third-order valence-corrected chi connectivity index (χ3v) is 5.69. The maximum absolute atomic E-state index is 12.6. The summed E-state index contributed by atoms with van der Waals surface area (Å²) in [6, 6.07) is 5.21. The Balaban J connectivity index is 1.78. The van der Waals surface area contributed by atoms with Gasteiger partial charge in [-0.15, -0.1) is 11.3 Å². The number of amides is 1. The van der Waals surface area contributed by atoms with E-state index in [1.807, 2.05) is 13.0 Å². The fraction of sp³-hybridized carbons (Fsp3) is 0.375. The molecule has 3 rings (SSSR count). The van der Waals surface area contributed by atoms with Crippen molar-refractivity contribution in [3.05, 3.63) is 49.9 Å². The van der Waals surface area contributed by atoms with Gasteiger partial charge in [-0.1, -0.05) is 29.3 Å². The molecule has 0 aliphatic heterocycles. The molecule has 0 saturated heterocycles. The molecule has 1 saturated carbocycles. The van der Waals surface area contributed by atoms with Gasteiger partial charge in [0.1, 0.15) is 4.88 Å². The first-order valence-corrected chi connectivity index (χ1v) is 8.72. The van der Waals surface area contributed by atoms with Crippen LogP contribution in [-0.4, -0.2) is 22.8 Å². The SMILES string of the molecule is CC(c1ccc(Cl)cc1Cl)N(C)C(=O)c1cnc(C2CC2)s1. The lowest BCUT2D eigenvalue weighted by Gasteiger charge is -2.25. The molecule has 1 aliphatic carbocycles. The molecule has 1 aromatic carbocycles. The summed E-state index contributed by atoms with van der Waals surface area (Å²) in [6.45, 7) is 1.95. The standard InChI is InChI=1S/C16H16Cl2N2OS/c1-9(12-6-5-11(17)7-13(12)18)20(2)16(21)14-8-19-15(22-14)10-3-4-10/h5-10H,3-4H2,1-2H3. The average Bonchev–Trinajstić information content (AvgIpc) is 3.22. The highest BCUT2D eigenvalue weighted by Crippen LogP contribution is 2.42. The van der Waals surface area contributed by atoms with E-state index in [4.69, 9.17) is 23.2 Å². The second-order valence-electron chi connectivity index (χ2n) is 5.59. The highest BCUT2D eigenvalue weighted by Gasteiger charge is 2.29. The van der Waals surface area contributed by atoms with Crippen molar-refractivity contribution in [2.24, 2.45) is 0 Å². The Morgan fingerprint density at radius 1 is 1.41 bits per heavy atom. The molecule has 1 aliphatic rings. The van der Waals surface area contributed by atoms with Crippen LogP contribution in [0.1, 0.15) is 52.0 Å². The molecule has 0 spiro atoms. The van der Waals surface area contributed by atoms with Crippen LogP contribution in [0.4, 0.5) is 0 Å². The number of hydrogen-bond donors (Lipinski definition) is 0. The minimum Gasteiger partial charge on any atom is -0.334 e. The van der Waals surface area contributed by atoms with Crippen LogP contribution in [0.5, 0.6) is 0 Å². The smallest absolute Gasteiger partial charge is 0.265 e. The lowest BCUT2D eigenvalue weighted by atomic mass is 10.1. The Morgan fingerprint density at radius 3 is 2.77 bits per heavy atom. The van der Waals surface area contributed by atoms with Gasteiger partial charge in [-0.05, 0) is 37.5 Å². The molecule has 1 fully saturated rings. The van der Waals surface area contributed by atoms with E-state index in [0.29, 0.717) is 20.8 Å². The van der Waals surface area contributed by atoms with E-state index in [-0.39, 0.29) is 11.9 Å². The van der Waals surface area contributed by atoms with E-state index in [1.165, 1.54) is 24.2 Å². The number of halogens is 2. The number of nitrogens with zero attached hydrogens (tertiary/aromatic N) is 2. The predicted octanol–water partition coefficient (Wildman–Crippen LogP) is 5.16. The zero-order valence-electron chi connectivity index (χ0n) is 12.3. The third-order valence-electron chi connectivity index (χ3n) is 3.97. The van der Waals surface area contributed by atoms with Crippen LogP contribution in [0.25, 0.3) is 0 Å². The largest absolute Gasteiger partial charge is 0.334 e. The van der Waals surface area contributed by atoms with Crippen molar-refractivity contribution in [3.63, 3.8) is 0 Å². The highest BCUT2D eigenvalue weighted by atomic mass is 35.5. The molecule has 1 aromatic heterocycles. The summed E-state index contributed by atoms with van der Waals surface area (Å²) in [6.07, 6.45) is 4.06.